The van der Waals surface area contributed by atoms with Crippen molar-refractivity contribution < 1.29 is 9.90 Å². The van der Waals surface area contributed by atoms with Crippen LogP contribution in [-0.2, 0) is 0 Å². The molecule has 21 heavy (non-hydrogen) atoms. The van der Waals surface area contributed by atoms with E-state index in [-0.39, 0.29) is 18.6 Å². The maximum Gasteiger partial charge on any atom is 0.251 e. The maximum absolute atomic E-state index is 12.4. The van der Waals surface area contributed by atoms with Crippen LogP contribution in [0.5, 0.6) is 0 Å². The van der Waals surface area contributed by atoms with Crippen molar-refractivity contribution in [3.8, 4) is 11.8 Å². The lowest BCUT2D eigenvalue weighted by Gasteiger charge is -2.18. The molecule has 1 amide bonds. The Labute approximate surface area is 127 Å². The minimum Gasteiger partial charge on any atom is -0.384 e. The topological polar surface area (TPSA) is 49.3 Å². The number of carbonyl (C=O) groups excluding carboxylic acids is 1. The van der Waals surface area contributed by atoms with Crippen molar-refractivity contribution in [2.75, 3.05) is 6.61 Å². The van der Waals surface area contributed by atoms with E-state index in [0.29, 0.717) is 11.5 Å². The number of carbonyl (C=O) groups is 1. The fraction of sp³-hybridized carbons (Fsp3) is 0.500. The summed E-state index contributed by atoms with van der Waals surface area (Å²) in [6.45, 7) is 8.10. The van der Waals surface area contributed by atoms with Crippen LogP contribution < -0.4 is 5.32 Å². The zero-order chi connectivity index (χ0) is 15.8. The van der Waals surface area contributed by atoms with Crippen molar-refractivity contribution in [1.29, 1.82) is 0 Å². The van der Waals surface area contributed by atoms with Gasteiger partial charge in [-0.3, -0.25) is 4.79 Å². The van der Waals surface area contributed by atoms with E-state index in [4.69, 9.17) is 5.11 Å². The van der Waals surface area contributed by atoms with Gasteiger partial charge < -0.3 is 10.4 Å². The SMILES string of the molecule is CCC(C)CC(C)NC(=O)c1cccc(C#CCO)c1C. The lowest BCUT2D eigenvalue weighted by molar-refractivity contribution is 0.0934. The van der Waals surface area contributed by atoms with E-state index in [1.165, 1.54) is 0 Å². The quantitative estimate of drug-likeness (QED) is 0.818. The molecule has 1 aromatic carbocycles. The smallest absolute Gasteiger partial charge is 0.251 e. The van der Waals surface area contributed by atoms with Crippen LogP contribution in [0.25, 0.3) is 0 Å². The molecule has 0 aromatic heterocycles. The largest absolute Gasteiger partial charge is 0.384 e. The molecule has 0 aliphatic heterocycles. The lowest BCUT2D eigenvalue weighted by atomic mass is 9.99. The van der Waals surface area contributed by atoms with E-state index in [0.717, 1.165) is 24.0 Å². The zero-order valence-electron chi connectivity index (χ0n) is 13.4. The molecule has 3 nitrogen and oxygen atoms in total. The third-order valence-electron chi connectivity index (χ3n) is 3.71. The van der Waals surface area contributed by atoms with Gasteiger partial charge in [-0.2, -0.15) is 0 Å². The molecule has 0 aliphatic rings. The van der Waals surface area contributed by atoms with Gasteiger partial charge in [0.15, 0.2) is 0 Å². The first kappa shape index (κ1) is 17.3. The summed E-state index contributed by atoms with van der Waals surface area (Å²) in [5, 5.41) is 11.8. The van der Waals surface area contributed by atoms with Gasteiger partial charge in [0.1, 0.15) is 6.61 Å². The van der Waals surface area contributed by atoms with Gasteiger partial charge in [-0.1, -0.05) is 38.2 Å². The second kappa shape index (κ2) is 8.49. The van der Waals surface area contributed by atoms with Crippen LogP contribution in [-0.4, -0.2) is 23.7 Å². The van der Waals surface area contributed by atoms with Crippen molar-refractivity contribution in [3.05, 3.63) is 34.9 Å². The summed E-state index contributed by atoms with van der Waals surface area (Å²) in [5.74, 6) is 6.03. The predicted octanol–water partition coefficient (Wildman–Crippen LogP) is 2.89. The average molecular weight is 287 g/mol. The molecule has 0 aliphatic carbocycles. The van der Waals surface area contributed by atoms with Gasteiger partial charge in [0.05, 0.1) is 0 Å². The van der Waals surface area contributed by atoms with Gasteiger partial charge in [0, 0.05) is 17.2 Å². The van der Waals surface area contributed by atoms with Gasteiger partial charge in [-0.05, 0) is 43.9 Å². The third kappa shape index (κ3) is 5.24. The number of benzene rings is 1. The summed E-state index contributed by atoms with van der Waals surface area (Å²) in [5.41, 5.74) is 2.29. The molecule has 0 fully saturated rings. The molecule has 1 aromatic rings. The number of hydrogen-bond donors (Lipinski definition) is 2. The Balaban J connectivity index is 2.83. The predicted molar refractivity (Wildman–Crippen MR) is 86.1 cm³/mol. The Hall–Kier alpha value is -1.79. The zero-order valence-corrected chi connectivity index (χ0v) is 13.4. The second-order valence-electron chi connectivity index (χ2n) is 5.56. The van der Waals surface area contributed by atoms with Gasteiger partial charge in [-0.25, -0.2) is 0 Å². The fourth-order valence-corrected chi connectivity index (χ4v) is 2.28. The first-order valence-corrected chi connectivity index (χ1v) is 7.49. The molecule has 0 heterocycles. The van der Waals surface area contributed by atoms with Crippen LogP contribution >= 0.6 is 0 Å². The van der Waals surface area contributed by atoms with Gasteiger partial charge >= 0.3 is 0 Å². The average Bonchev–Trinajstić information content (AvgIpc) is 2.45. The van der Waals surface area contributed by atoms with Crippen LogP contribution in [0.2, 0.25) is 0 Å². The molecular formula is C18H25NO2. The summed E-state index contributed by atoms with van der Waals surface area (Å²) in [6.07, 6.45) is 2.09. The monoisotopic (exact) mass is 287 g/mol. The number of amides is 1. The standard InChI is InChI=1S/C18H25NO2/c1-5-13(2)12-14(3)19-18(21)17-10-6-8-16(15(17)4)9-7-11-20/h6,8,10,13-14,20H,5,11-12H2,1-4H3,(H,19,21). The highest BCUT2D eigenvalue weighted by Gasteiger charge is 2.14. The first-order valence-electron chi connectivity index (χ1n) is 7.49. The van der Waals surface area contributed by atoms with Crippen molar-refractivity contribution in [2.24, 2.45) is 5.92 Å². The summed E-state index contributed by atoms with van der Waals surface area (Å²) >= 11 is 0. The van der Waals surface area contributed by atoms with Gasteiger partial charge in [0.25, 0.3) is 5.91 Å². The van der Waals surface area contributed by atoms with E-state index in [1.807, 2.05) is 32.0 Å². The Morgan fingerprint density at radius 2 is 2.10 bits per heavy atom. The summed E-state index contributed by atoms with van der Waals surface area (Å²) < 4.78 is 0. The molecule has 0 bridgehead atoms. The molecule has 0 radical (unpaired) electrons. The molecule has 3 heteroatoms. The Kier molecular flexibility index (Phi) is 6.98. The number of aliphatic hydroxyl groups is 1. The molecule has 2 atom stereocenters. The minimum absolute atomic E-state index is 0.0593. The lowest BCUT2D eigenvalue weighted by Crippen LogP contribution is -2.34. The first-order chi connectivity index (χ1) is 9.99. The third-order valence-corrected chi connectivity index (χ3v) is 3.71. The highest BCUT2D eigenvalue weighted by molar-refractivity contribution is 5.96. The molecule has 114 valence electrons. The van der Waals surface area contributed by atoms with Crippen molar-refractivity contribution in [3.63, 3.8) is 0 Å². The van der Waals surface area contributed by atoms with E-state index in [9.17, 15) is 4.79 Å². The minimum atomic E-state index is -0.179. The summed E-state index contributed by atoms with van der Waals surface area (Å²) in [4.78, 5) is 12.4. The molecule has 0 saturated heterocycles. The van der Waals surface area contributed by atoms with E-state index < -0.39 is 0 Å². The molecule has 0 spiro atoms. The second-order valence-corrected chi connectivity index (χ2v) is 5.56. The van der Waals surface area contributed by atoms with E-state index in [2.05, 4.69) is 31.0 Å². The van der Waals surface area contributed by atoms with Crippen LogP contribution in [0.3, 0.4) is 0 Å². The molecular weight excluding hydrogens is 262 g/mol. The van der Waals surface area contributed by atoms with Crippen LogP contribution in [0.1, 0.15) is 55.1 Å². The molecule has 0 saturated carbocycles. The number of nitrogens with one attached hydrogen (secondary N) is 1. The fourth-order valence-electron chi connectivity index (χ4n) is 2.28. The van der Waals surface area contributed by atoms with Crippen LogP contribution in [0, 0.1) is 24.7 Å². The highest BCUT2D eigenvalue weighted by atomic mass is 16.2. The number of hydrogen-bond acceptors (Lipinski definition) is 2. The Morgan fingerprint density at radius 1 is 1.38 bits per heavy atom. The number of rotatable bonds is 5. The van der Waals surface area contributed by atoms with E-state index >= 15 is 0 Å². The number of aliphatic hydroxyl groups excluding tert-OH is 1. The van der Waals surface area contributed by atoms with E-state index in [1.54, 1.807) is 0 Å². The van der Waals surface area contributed by atoms with Crippen molar-refractivity contribution in [2.45, 2.75) is 46.6 Å². The molecule has 2 N–H and O–H groups in total. The Morgan fingerprint density at radius 3 is 2.71 bits per heavy atom. The normalized spacial score (nSPS) is 13.0. The summed E-state index contributed by atoms with van der Waals surface area (Å²) in [6, 6.07) is 5.64. The van der Waals surface area contributed by atoms with Gasteiger partial charge in [0.2, 0.25) is 0 Å². The van der Waals surface area contributed by atoms with Crippen LogP contribution in [0.4, 0.5) is 0 Å². The highest BCUT2D eigenvalue weighted by Crippen LogP contribution is 2.14. The Bertz CT molecular complexity index is 540. The molecule has 2 unspecified atom stereocenters. The van der Waals surface area contributed by atoms with Gasteiger partial charge in [-0.15, -0.1) is 0 Å². The van der Waals surface area contributed by atoms with Crippen LogP contribution in [0.15, 0.2) is 18.2 Å². The summed E-state index contributed by atoms with van der Waals surface area (Å²) in [7, 11) is 0. The van der Waals surface area contributed by atoms with Crippen molar-refractivity contribution in [1.82, 2.24) is 5.32 Å². The van der Waals surface area contributed by atoms with Crippen molar-refractivity contribution >= 4 is 5.91 Å². The maximum atomic E-state index is 12.4. The molecule has 1 rings (SSSR count).